The average molecular weight is 833 g/mol. The first-order chi connectivity index (χ1) is 27.7. The van der Waals surface area contributed by atoms with E-state index < -0.39 is 0 Å². The molecule has 4 aromatic rings. The molecular formula is C50H60N2O3S3. The molecule has 8 heteroatoms. The first-order valence-corrected chi connectivity index (χ1v) is 24.2. The van der Waals surface area contributed by atoms with Gasteiger partial charge in [-0.25, -0.2) is 9.78 Å². The number of thiazole rings is 1. The van der Waals surface area contributed by atoms with Crippen molar-refractivity contribution < 1.29 is 14.3 Å². The molecule has 0 unspecified atom stereocenters. The second kappa shape index (κ2) is 14.4. The van der Waals surface area contributed by atoms with Crippen LogP contribution in [0.15, 0.2) is 82.9 Å². The van der Waals surface area contributed by atoms with Gasteiger partial charge in [0.25, 0.3) is 0 Å². The van der Waals surface area contributed by atoms with Gasteiger partial charge in [-0.15, -0.1) is 34.0 Å². The topological polar surface area (TPSA) is 59.5 Å². The third kappa shape index (κ3) is 5.88. The van der Waals surface area contributed by atoms with Gasteiger partial charge in [0, 0.05) is 10.9 Å². The largest absolute Gasteiger partial charge is 0.465 e. The van der Waals surface area contributed by atoms with Gasteiger partial charge in [0.05, 0.1) is 34.7 Å². The second-order valence-electron chi connectivity index (χ2n) is 19.9. The standard InChI is InChI=1S/C50H60N2O3S3/c1-31(2)34-19-24-50(52(29-38(53)40-12-10-28-57-40)45-51-37(30-58-45)39-11-9-27-56-39)26-25-48(6)36(43(34)50)17-18-42-47(5)22-20-35(32-13-15-33(16-14-32)44(54)55-8)46(3,4)41(47)21-23-49(42,48)7/h9-16,20,27-28,30,34,36,41-43H,1,17-19,21-26,29H2,2-8H3/t34-,36+,41-,42+,43+,47-,48+,49+,50-/m0/s1. The van der Waals surface area contributed by atoms with Crippen molar-refractivity contribution in [2.24, 2.45) is 51.2 Å². The van der Waals surface area contributed by atoms with Crippen LogP contribution in [-0.2, 0) is 4.74 Å². The molecule has 0 radical (unpaired) electrons. The van der Waals surface area contributed by atoms with Crippen LogP contribution in [0.25, 0.3) is 16.1 Å². The Bertz CT molecular complexity index is 2240. The SMILES string of the molecule is C=C(C)[C@@H]1CC[C@]2(N(CC(=O)c3cccs3)c3nc(-c4cccs4)cs3)CC[C@]3(C)[C@H](CC[C@@H]4[C@@]5(C)CC=C(c6ccc(C(=O)OC)cc6)C(C)(C)[C@@H]5CC[C@]43C)[C@@H]12. The van der Waals surface area contributed by atoms with Crippen molar-refractivity contribution in [3.8, 4) is 10.6 Å². The maximum absolute atomic E-state index is 14.2. The van der Waals surface area contributed by atoms with E-state index in [-0.39, 0.29) is 39.0 Å². The number of carbonyl (C=O) groups excluding carboxylic acids is 2. The van der Waals surface area contributed by atoms with Crippen LogP contribution < -0.4 is 4.90 Å². The molecule has 5 aliphatic carbocycles. The number of fused-ring (bicyclic) bond motifs is 7. The van der Waals surface area contributed by atoms with Gasteiger partial charge in [-0.1, -0.05) is 77.1 Å². The number of aromatic nitrogens is 1. The number of esters is 1. The molecule has 306 valence electrons. The van der Waals surface area contributed by atoms with E-state index in [1.807, 2.05) is 29.6 Å². The van der Waals surface area contributed by atoms with Crippen LogP contribution in [0.3, 0.4) is 0 Å². The van der Waals surface area contributed by atoms with Gasteiger partial charge < -0.3 is 9.64 Å². The molecule has 0 N–H and O–H groups in total. The lowest BCUT2D eigenvalue weighted by atomic mass is 9.33. The summed E-state index contributed by atoms with van der Waals surface area (Å²) in [5.74, 6) is 2.49. The molecule has 58 heavy (non-hydrogen) atoms. The summed E-state index contributed by atoms with van der Waals surface area (Å²) in [5.41, 5.74) is 6.00. The van der Waals surface area contributed by atoms with Crippen LogP contribution in [0.5, 0.6) is 0 Å². The molecule has 4 saturated carbocycles. The van der Waals surface area contributed by atoms with Crippen molar-refractivity contribution >= 4 is 56.5 Å². The summed E-state index contributed by atoms with van der Waals surface area (Å²) >= 11 is 5.02. The molecule has 0 spiro atoms. The molecule has 5 aliphatic rings. The van der Waals surface area contributed by atoms with E-state index >= 15 is 0 Å². The number of methoxy groups -OCH3 is 1. The Labute approximate surface area is 358 Å². The number of ether oxygens (including phenoxy) is 1. The highest BCUT2D eigenvalue weighted by Crippen LogP contribution is 2.77. The molecule has 3 heterocycles. The lowest BCUT2D eigenvalue weighted by Gasteiger charge is -2.73. The molecule has 3 aromatic heterocycles. The number of rotatable bonds is 9. The Morgan fingerprint density at radius 3 is 2.31 bits per heavy atom. The Hall–Kier alpha value is -3.33. The molecule has 9 atom stereocenters. The van der Waals surface area contributed by atoms with Crippen LogP contribution >= 0.6 is 34.0 Å². The highest BCUT2D eigenvalue weighted by Gasteiger charge is 2.71. The molecule has 5 nitrogen and oxygen atoms in total. The van der Waals surface area contributed by atoms with Crippen LogP contribution in [0.4, 0.5) is 5.13 Å². The van der Waals surface area contributed by atoms with Gasteiger partial charge in [-0.05, 0) is 162 Å². The Morgan fingerprint density at radius 2 is 1.62 bits per heavy atom. The van der Waals surface area contributed by atoms with Crippen molar-refractivity contribution in [2.45, 2.75) is 105 Å². The van der Waals surface area contributed by atoms with Crippen molar-refractivity contribution in [3.63, 3.8) is 0 Å². The first kappa shape index (κ1) is 40.1. The lowest BCUT2D eigenvalue weighted by molar-refractivity contribution is -0.217. The Kier molecular flexibility index (Phi) is 9.96. The van der Waals surface area contributed by atoms with E-state index in [0.717, 1.165) is 41.4 Å². The monoisotopic (exact) mass is 832 g/mol. The number of benzene rings is 1. The van der Waals surface area contributed by atoms with E-state index in [0.29, 0.717) is 41.7 Å². The average Bonchev–Trinajstić information content (AvgIpc) is 4.04. The summed E-state index contributed by atoms with van der Waals surface area (Å²) in [7, 11) is 1.44. The summed E-state index contributed by atoms with van der Waals surface area (Å²) in [6.07, 6.45) is 13.1. The number of ketones is 1. The van der Waals surface area contributed by atoms with Gasteiger partial charge in [0.2, 0.25) is 0 Å². The van der Waals surface area contributed by atoms with Gasteiger partial charge in [-0.3, -0.25) is 4.79 Å². The summed E-state index contributed by atoms with van der Waals surface area (Å²) < 4.78 is 5.00. The number of nitrogens with zero attached hydrogens (tertiary/aromatic N) is 2. The van der Waals surface area contributed by atoms with Gasteiger partial charge in [0.15, 0.2) is 10.9 Å². The van der Waals surface area contributed by atoms with Crippen LogP contribution in [0, 0.1) is 51.2 Å². The minimum Gasteiger partial charge on any atom is -0.465 e. The zero-order valence-corrected chi connectivity index (χ0v) is 37.9. The third-order valence-corrected chi connectivity index (χ3v) is 20.0. The molecule has 0 aliphatic heterocycles. The normalized spacial score (nSPS) is 34.8. The molecule has 0 amide bonds. The number of Topliss-reactive ketones (excluding diaryl/α,β-unsaturated/α-hetero) is 1. The molecule has 0 bridgehead atoms. The van der Waals surface area contributed by atoms with Gasteiger partial charge in [0.1, 0.15) is 0 Å². The Balaban J connectivity index is 1.08. The number of hydrogen-bond donors (Lipinski definition) is 0. The number of hydrogen-bond acceptors (Lipinski definition) is 8. The maximum Gasteiger partial charge on any atom is 0.337 e. The first-order valence-electron chi connectivity index (χ1n) is 21.6. The summed E-state index contributed by atoms with van der Waals surface area (Å²) in [4.78, 5) is 36.4. The fraction of sp³-hybridized carbons (Fsp3) is 0.540. The number of carbonyl (C=O) groups is 2. The summed E-state index contributed by atoms with van der Waals surface area (Å²) in [6.45, 7) is 20.4. The Morgan fingerprint density at radius 1 is 0.862 bits per heavy atom. The minimum atomic E-state index is -0.287. The van der Waals surface area contributed by atoms with E-state index in [1.54, 1.807) is 34.0 Å². The zero-order chi connectivity index (χ0) is 40.8. The smallest absolute Gasteiger partial charge is 0.337 e. The molecule has 0 saturated heterocycles. The van der Waals surface area contributed by atoms with E-state index in [4.69, 9.17) is 16.3 Å². The van der Waals surface area contributed by atoms with Gasteiger partial charge >= 0.3 is 5.97 Å². The number of anilines is 1. The van der Waals surface area contributed by atoms with Crippen molar-refractivity contribution in [1.82, 2.24) is 4.98 Å². The van der Waals surface area contributed by atoms with Crippen LogP contribution in [0.1, 0.15) is 125 Å². The summed E-state index contributed by atoms with van der Waals surface area (Å²) in [5, 5.41) is 7.36. The van der Waals surface area contributed by atoms with Gasteiger partial charge in [-0.2, -0.15) is 0 Å². The maximum atomic E-state index is 14.2. The highest BCUT2D eigenvalue weighted by molar-refractivity contribution is 7.16. The predicted octanol–water partition coefficient (Wildman–Crippen LogP) is 13.5. The highest BCUT2D eigenvalue weighted by atomic mass is 32.1. The lowest BCUT2D eigenvalue weighted by Crippen LogP contribution is -2.68. The minimum absolute atomic E-state index is 0.00234. The third-order valence-electron chi connectivity index (χ3n) is 17.3. The van der Waals surface area contributed by atoms with Crippen LogP contribution in [-0.4, -0.2) is 35.9 Å². The molecule has 4 fully saturated rings. The number of allylic oxidation sites excluding steroid dienone is 3. The van der Waals surface area contributed by atoms with E-state index in [9.17, 15) is 9.59 Å². The molecular weight excluding hydrogens is 773 g/mol. The van der Waals surface area contributed by atoms with Crippen LogP contribution in [0.2, 0.25) is 0 Å². The number of thiophene rings is 2. The predicted molar refractivity (Wildman–Crippen MR) is 242 cm³/mol. The van der Waals surface area contributed by atoms with Crippen molar-refractivity contribution in [1.29, 1.82) is 0 Å². The summed E-state index contributed by atoms with van der Waals surface area (Å²) in [6, 6.07) is 16.4. The second-order valence-corrected chi connectivity index (χ2v) is 22.6. The van der Waals surface area contributed by atoms with Crippen molar-refractivity contribution in [2.75, 3.05) is 18.6 Å². The zero-order valence-electron chi connectivity index (χ0n) is 35.4. The fourth-order valence-electron chi connectivity index (χ4n) is 14.6. The van der Waals surface area contributed by atoms with E-state index in [2.05, 4.69) is 87.5 Å². The van der Waals surface area contributed by atoms with Crippen molar-refractivity contribution in [3.05, 3.63) is 98.9 Å². The molecule has 9 rings (SSSR count). The van der Waals surface area contributed by atoms with E-state index in [1.165, 1.54) is 60.8 Å². The molecule has 1 aromatic carbocycles. The quantitative estimate of drug-likeness (QED) is 0.0955. The fourth-order valence-corrected chi connectivity index (χ4v) is 16.9.